The zero-order valence-corrected chi connectivity index (χ0v) is 20.6. The number of rotatable bonds is 18. The molecule has 0 radical (unpaired) electrons. The molecule has 8 nitrogen and oxygen atoms in total. The normalized spacial score (nSPS) is 12.1. The Morgan fingerprint density at radius 3 is 1.52 bits per heavy atom. The smallest absolute Gasteiger partial charge is 0.222 e. The van der Waals surface area contributed by atoms with Crippen molar-refractivity contribution in [1.29, 1.82) is 0 Å². The Kier molecular flexibility index (Phi) is 16.7. The summed E-state index contributed by atoms with van der Waals surface area (Å²) in [5, 5.41) is 5.74. The number of amides is 2. The van der Waals surface area contributed by atoms with Gasteiger partial charge in [-0.3, -0.25) is 9.59 Å². The highest BCUT2D eigenvalue weighted by Gasteiger charge is 2.12. The van der Waals surface area contributed by atoms with Gasteiger partial charge in [-0.05, 0) is 17.3 Å². The topological polar surface area (TPSA) is 95.1 Å². The van der Waals surface area contributed by atoms with Gasteiger partial charge in [0.15, 0.2) is 0 Å². The van der Waals surface area contributed by atoms with Crippen molar-refractivity contribution in [1.82, 2.24) is 10.6 Å². The van der Waals surface area contributed by atoms with Gasteiger partial charge in [-0.25, -0.2) is 0 Å². The van der Waals surface area contributed by atoms with Crippen LogP contribution >= 0.6 is 0 Å². The van der Waals surface area contributed by atoms with Crippen LogP contribution in [0.1, 0.15) is 60.8 Å². The van der Waals surface area contributed by atoms with E-state index in [0.717, 1.165) is 6.42 Å². The highest BCUT2D eigenvalue weighted by molar-refractivity contribution is 5.76. The SMILES string of the molecule is CC(C)(C)CCC(=O)NCCOCCOCCOCCOCCC(=O)NCC(C)(C)C. The molecule has 184 valence electrons. The molecule has 0 heterocycles. The van der Waals surface area contributed by atoms with Gasteiger partial charge >= 0.3 is 0 Å². The molecule has 0 aromatic heterocycles. The summed E-state index contributed by atoms with van der Waals surface area (Å²) >= 11 is 0. The molecule has 0 rings (SSSR count). The fraction of sp³-hybridized carbons (Fsp3) is 0.913. The van der Waals surface area contributed by atoms with Crippen LogP contribution in [-0.4, -0.2) is 77.8 Å². The van der Waals surface area contributed by atoms with E-state index < -0.39 is 0 Å². The lowest BCUT2D eigenvalue weighted by atomic mass is 9.90. The highest BCUT2D eigenvalue weighted by Crippen LogP contribution is 2.20. The molecule has 0 fully saturated rings. The quantitative estimate of drug-likeness (QED) is 0.314. The minimum absolute atomic E-state index is 0.00868. The number of carbonyl (C=O) groups is 2. The number of nitrogens with one attached hydrogen (secondary N) is 2. The molecule has 31 heavy (non-hydrogen) atoms. The molecular weight excluding hydrogens is 400 g/mol. The van der Waals surface area contributed by atoms with Crippen molar-refractivity contribution in [3.05, 3.63) is 0 Å². The Labute approximate surface area is 189 Å². The van der Waals surface area contributed by atoms with Gasteiger partial charge in [-0.2, -0.15) is 0 Å². The summed E-state index contributed by atoms with van der Waals surface area (Å²) in [7, 11) is 0. The van der Waals surface area contributed by atoms with Crippen LogP contribution in [0.25, 0.3) is 0 Å². The second kappa shape index (κ2) is 17.3. The first-order chi connectivity index (χ1) is 14.5. The zero-order chi connectivity index (χ0) is 23.6. The molecule has 0 aromatic carbocycles. The van der Waals surface area contributed by atoms with Crippen LogP contribution < -0.4 is 10.6 Å². The van der Waals surface area contributed by atoms with Gasteiger partial charge in [-0.15, -0.1) is 0 Å². The summed E-state index contributed by atoms with van der Waals surface area (Å²) in [5.41, 5.74) is 0.258. The van der Waals surface area contributed by atoms with Crippen molar-refractivity contribution in [3.8, 4) is 0 Å². The minimum atomic E-state index is 0.00868. The number of carbonyl (C=O) groups excluding carboxylic acids is 2. The van der Waals surface area contributed by atoms with Crippen LogP contribution in [0.3, 0.4) is 0 Å². The van der Waals surface area contributed by atoms with Crippen LogP contribution in [-0.2, 0) is 28.5 Å². The molecule has 0 atom stereocenters. The standard InChI is InChI=1S/C23H46N2O6/c1-22(2,3)9-7-20(26)24-10-12-29-14-16-31-18-17-30-15-13-28-11-8-21(27)25-19-23(4,5)6/h7-19H2,1-6H3,(H,24,26)(H,25,27). The number of hydrogen-bond donors (Lipinski definition) is 2. The average molecular weight is 447 g/mol. The third-order valence-electron chi connectivity index (χ3n) is 4.08. The predicted molar refractivity (Wildman–Crippen MR) is 122 cm³/mol. The Hall–Kier alpha value is -1.22. The van der Waals surface area contributed by atoms with E-state index in [9.17, 15) is 9.59 Å². The van der Waals surface area contributed by atoms with E-state index in [1.54, 1.807) is 0 Å². The maximum atomic E-state index is 11.7. The van der Waals surface area contributed by atoms with Gasteiger partial charge < -0.3 is 29.6 Å². The molecule has 8 heteroatoms. The Morgan fingerprint density at radius 1 is 0.581 bits per heavy atom. The molecule has 0 unspecified atom stereocenters. The van der Waals surface area contributed by atoms with Crippen LogP contribution in [0.4, 0.5) is 0 Å². The lowest BCUT2D eigenvalue weighted by molar-refractivity contribution is -0.123. The van der Waals surface area contributed by atoms with E-state index in [0.29, 0.717) is 78.8 Å². The third-order valence-corrected chi connectivity index (χ3v) is 4.08. The van der Waals surface area contributed by atoms with E-state index in [2.05, 4.69) is 52.2 Å². The minimum Gasteiger partial charge on any atom is -0.379 e. The highest BCUT2D eigenvalue weighted by atomic mass is 16.6. The molecule has 0 aliphatic rings. The first-order valence-corrected chi connectivity index (χ1v) is 11.3. The van der Waals surface area contributed by atoms with Crippen molar-refractivity contribution in [2.75, 3.05) is 65.9 Å². The van der Waals surface area contributed by atoms with Gasteiger partial charge in [-0.1, -0.05) is 41.5 Å². The maximum absolute atomic E-state index is 11.7. The Bertz CT molecular complexity index is 430. The van der Waals surface area contributed by atoms with Crippen molar-refractivity contribution in [2.45, 2.75) is 60.8 Å². The molecule has 0 aromatic rings. The fourth-order valence-electron chi connectivity index (χ4n) is 2.22. The molecule has 2 N–H and O–H groups in total. The molecular formula is C23H46N2O6. The van der Waals surface area contributed by atoms with Crippen molar-refractivity contribution in [2.24, 2.45) is 10.8 Å². The van der Waals surface area contributed by atoms with Gasteiger partial charge in [0.2, 0.25) is 11.8 Å². The summed E-state index contributed by atoms with van der Waals surface area (Å²) in [6, 6.07) is 0. The first kappa shape index (κ1) is 29.8. The van der Waals surface area contributed by atoms with Crippen LogP contribution in [0.15, 0.2) is 0 Å². The Morgan fingerprint density at radius 2 is 1.03 bits per heavy atom. The monoisotopic (exact) mass is 446 g/mol. The van der Waals surface area contributed by atoms with E-state index in [4.69, 9.17) is 18.9 Å². The second-order valence-electron chi connectivity index (χ2n) is 9.95. The van der Waals surface area contributed by atoms with Gasteiger partial charge in [0.1, 0.15) is 0 Å². The molecule has 0 bridgehead atoms. The van der Waals surface area contributed by atoms with E-state index in [1.807, 2.05) is 0 Å². The van der Waals surface area contributed by atoms with Gasteiger partial charge in [0.25, 0.3) is 0 Å². The van der Waals surface area contributed by atoms with Crippen LogP contribution in [0.2, 0.25) is 0 Å². The predicted octanol–water partition coefficient (Wildman–Crippen LogP) is 2.55. The largest absolute Gasteiger partial charge is 0.379 e. The Balaban J connectivity index is 3.27. The van der Waals surface area contributed by atoms with Crippen LogP contribution in [0, 0.1) is 10.8 Å². The number of hydrogen-bond acceptors (Lipinski definition) is 6. The molecule has 0 aliphatic carbocycles. The van der Waals surface area contributed by atoms with Crippen LogP contribution in [0.5, 0.6) is 0 Å². The van der Waals surface area contributed by atoms with E-state index in [-0.39, 0.29) is 22.6 Å². The molecule has 0 aliphatic heterocycles. The molecule has 0 saturated carbocycles. The van der Waals surface area contributed by atoms with Crippen molar-refractivity contribution >= 4 is 11.8 Å². The van der Waals surface area contributed by atoms with E-state index >= 15 is 0 Å². The van der Waals surface area contributed by atoms with E-state index in [1.165, 1.54) is 0 Å². The molecule has 0 saturated heterocycles. The van der Waals surface area contributed by atoms with Gasteiger partial charge in [0, 0.05) is 25.9 Å². The summed E-state index contributed by atoms with van der Waals surface area (Å²) in [5.74, 6) is 0.0779. The summed E-state index contributed by atoms with van der Waals surface area (Å²) < 4.78 is 21.6. The summed E-state index contributed by atoms with van der Waals surface area (Å²) in [6.45, 7) is 17.5. The molecule has 2 amide bonds. The maximum Gasteiger partial charge on any atom is 0.222 e. The van der Waals surface area contributed by atoms with Crippen molar-refractivity contribution in [3.63, 3.8) is 0 Å². The lowest BCUT2D eigenvalue weighted by Crippen LogP contribution is -2.32. The lowest BCUT2D eigenvalue weighted by Gasteiger charge is -2.18. The second-order valence-corrected chi connectivity index (χ2v) is 9.95. The zero-order valence-electron chi connectivity index (χ0n) is 20.6. The number of ether oxygens (including phenoxy) is 4. The van der Waals surface area contributed by atoms with Crippen molar-refractivity contribution < 1.29 is 28.5 Å². The summed E-state index contributed by atoms with van der Waals surface area (Å²) in [6.07, 6.45) is 1.78. The van der Waals surface area contributed by atoms with Gasteiger partial charge in [0.05, 0.1) is 52.9 Å². The molecule has 0 spiro atoms. The first-order valence-electron chi connectivity index (χ1n) is 11.3. The summed E-state index contributed by atoms with van der Waals surface area (Å²) in [4.78, 5) is 23.3. The fourth-order valence-corrected chi connectivity index (χ4v) is 2.22. The average Bonchev–Trinajstić information content (AvgIpc) is 2.66. The third kappa shape index (κ3) is 24.9.